The summed E-state index contributed by atoms with van der Waals surface area (Å²) in [6, 6.07) is -0.973. The molecule has 0 spiro atoms. The van der Waals surface area contributed by atoms with E-state index >= 15 is 0 Å². The lowest BCUT2D eigenvalue weighted by molar-refractivity contribution is -0.560. The van der Waals surface area contributed by atoms with E-state index in [2.05, 4.69) is 21.6 Å². The number of unbranched alkanes of at least 4 members (excludes halogenated alkanes) is 6. The largest absolute Gasteiger partial charge is 0.494 e. The lowest BCUT2D eigenvalue weighted by atomic mass is 10.1. The molecule has 1 aromatic heterocycles. The number of halogens is 15. The van der Waals surface area contributed by atoms with Crippen LogP contribution in [0.25, 0.3) is 11.4 Å². The van der Waals surface area contributed by atoms with Gasteiger partial charge in [0, 0.05) is 24.4 Å². The Morgan fingerprint density at radius 3 is 1.67 bits per heavy atom. The third-order valence-electron chi connectivity index (χ3n) is 6.76. The Bertz CT molecular complexity index is 1290. The van der Waals surface area contributed by atoms with Gasteiger partial charge in [0.25, 0.3) is 0 Å². The van der Waals surface area contributed by atoms with Crippen LogP contribution in [-0.4, -0.2) is 59.0 Å². The SMILES string of the molecule is CCCCCCCCc1cnc(-c2ccc(OCCCCC(F)(F)OC(F)(OC(F)(F)C(F)(F)C(F)(F)C(F)(F)F)C(F)(F)F)cc2)nc1. The molecule has 2 rings (SSSR count). The summed E-state index contributed by atoms with van der Waals surface area (Å²) < 4.78 is 207. The van der Waals surface area contributed by atoms with Crippen LogP contribution in [0.3, 0.4) is 0 Å². The molecule has 0 aliphatic heterocycles. The van der Waals surface area contributed by atoms with Crippen molar-refractivity contribution in [3.05, 3.63) is 42.2 Å². The highest BCUT2D eigenvalue weighted by Gasteiger charge is 2.85. The van der Waals surface area contributed by atoms with Gasteiger partial charge in [0.15, 0.2) is 5.82 Å². The van der Waals surface area contributed by atoms with Crippen LogP contribution in [-0.2, 0) is 15.9 Å². The molecule has 0 aliphatic carbocycles. The maximum atomic E-state index is 14.2. The van der Waals surface area contributed by atoms with Gasteiger partial charge in [-0.1, -0.05) is 39.0 Å². The maximum Gasteiger partial charge on any atom is 0.478 e. The topological polar surface area (TPSA) is 53.5 Å². The minimum Gasteiger partial charge on any atom is -0.494 e. The molecule has 49 heavy (non-hydrogen) atoms. The number of hydrogen-bond donors (Lipinski definition) is 0. The number of aromatic nitrogens is 2. The number of rotatable bonds is 20. The lowest BCUT2D eigenvalue weighted by Gasteiger charge is -2.37. The Kier molecular flexibility index (Phi) is 14.0. The van der Waals surface area contributed by atoms with Crippen molar-refractivity contribution < 1.29 is 80.1 Å². The molecule has 0 N–H and O–H groups in total. The average Bonchev–Trinajstić information content (AvgIpc) is 2.97. The molecular formula is C29H31F15N2O3. The molecule has 1 unspecified atom stereocenters. The molecule has 1 atom stereocenters. The number of nitrogens with zero attached hydrogens (tertiary/aromatic N) is 2. The summed E-state index contributed by atoms with van der Waals surface area (Å²) in [5.74, 6) is -15.1. The van der Waals surface area contributed by atoms with Gasteiger partial charge in [0.1, 0.15) is 5.75 Å². The summed E-state index contributed by atoms with van der Waals surface area (Å²) in [5, 5.41) is 0. The van der Waals surface area contributed by atoms with Gasteiger partial charge in [-0.15, -0.1) is 0 Å². The molecule has 20 heteroatoms. The van der Waals surface area contributed by atoms with Crippen LogP contribution >= 0.6 is 0 Å². The number of alkyl halides is 15. The van der Waals surface area contributed by atoms with E-state index in [0.717, 1.165) is 37.7 Å². The van der Waals surface area contributed by atoms with E-state index in [1.54, 1.807) is 24.5 Å². The zero-order chi connectivity index (χ0) is 37.4. The molecule has 0 fully saturated rings. The number of ether oxygens (including phenoxy) is 3. The predicted molar refractivity (Wildman–Crippen MR) is 142 cm³/mol. The van der Waals surface area contributed by atoms with Crippen molar-refractivity contribution in [1.29, 1.82) is 0 Å². The summed E-state index contributed by atoms with van der Waals surface area (Å²) in [5.41, 5.74) is 1.55. The molecule has 280 valence electrons. The average molecular weight is 741 g/mol. The second-order valence-corrected chi connectivity index (χ2v) is 10.8. The fourth-order valence-electron chi connectivity index (χ4n) is 4.03. The van der Waals surface area contributed by atoms with E-state index in [1.165, 1.54) is 25.0 Å². The molecule has 2 aromatic rings. The van der Waals surface area contributed by atoms with Gasteiger partial charge in [0.2, 0.25) is 0 Å². The minimum absolute atomic E-state index is 0.179. The fraction of sp³-hybridized carbons (Fsp3) is 0.655. The highest BCUT2D eigenvalue weighted by atomic mass is 19.4. The van der Waals surface area contributed by atoms with Crippen molar-refractivity contribution in [1.82, 2.24) is 9.97 Å². The van der Waals surface area contributed by atoms with E-state index in [1.807, 2.05) is 4.74 Å². The monoisotopic (exact) mass is 740 g/mol. The number of benzene rings is 1. The molecule has 1 heterocycles. The minimum atomic E-state index is -7.92. The van der Waals surface area contributed by atoms with Gasteiger partial charge >= 0.3 is 42.5 Å². The highest BCUT2D eigenvalue weighted by Crippen LogP contribution is 2.56. The molecular weight excluding hydrogens is 709 g/mol. The van der Waals surface area contributed by atoms with Crippen molar-refractivity contribution in [2.45, 2.75) is 114 Å². The molecule has 0 saturated carbocycles. The molecule has 0 bridgehead atoms. The van der Waals surface area contributed by atoms with Crippen molar-refractivity contribution in [2.75, 3.05) is 6.61 Å². The second-order valence-electron chi connectivity index (χ2n) is 10.8. The van der Waals surface area contributed by atoms with E-state index in [9.17, 15) is 65.9 Å². The van der Waals surface area contributed by atoms with Crippen molar-refractivity contribution in [3.63, 3.8) is 0 Å². The van der Waals surface area contributed by atoms with Crippen LogP contribution in [0.2, 0.25) is 0 Å². The normalized spacial score (nSPS) is 14.9. The maximum absolute atomic E-state index is 14.2. The zero-order valence-corrected chi connectivity index (χ0v) is 25.5. The van der Waals surface area contributed by atoms with Crippen LogP contribution in [0.5, 0.6) is 5.75 Å². The lowest BCUT2D eigenvalue weighted by Crippen LogP contribution is -2.65. The van der Waals surface area contributed by atoms with Gasteiger partial charge in [-0.3, -0.25) is 4.74 Å². The Hall–Kier alpha value is -3.03. The van der Waals surface area contributed by atoms with Crippen LogP contribution in [0.15, 0.2) is 36.7 Å². The Morgan fingerprint density at radius 2 is 1.14 bits per heavy atom. The first-order valence-corrected chi connectivity index (χ1v) is 14.7. The third-order valence-corrected chi connectivity index (χ3v) is 6.76. The van der Waals surface area contributed by atoms with Crippen molar-refractivity contribution >= 4 is 0 Å². The Balaban J connectivity index is 1.91. The first kappa shape index (κ1) is 42.1. The van der Waals surface area contributed by atoms with Crippen LogP contribution in [0.4, 0.5) is 65.9 Å². The molecule has 0 aliphatic rings. The molecule has 5 nitrogen and oxygen atoms in total. The summed E-state index contributed by atoms with van der Waals surface area (Å²) in [6.07, 6.45) is -20.1. The summed E-state index contributed by atoms with van der Waals surface area (Å²) >= 11 is 0. The second kappa shape index (κ2) is 16.3. The van der Waals surface area contributed by atoms with E-state index in [4.69, 9.17) is 4.74 Å². The van der Waals surface area contributed by atoms with E-state index < -0.39 is 68.3 Å². The molecule has 1 aromatic carbocycles. The van der Waals surface area contributed by atoms with Crippen LogP contribution in [0, 0.1) is 0 Å². The number of aryl methyl sites for hydroxylation is 1. The highest BCUT2D eigenvalue weighted by molar-refractivity contribution is 5.55. The van der Waals surface area contributed by atoms with Gasteiger partial charge in [-0.05, 0) is 55.5 Å². The van der Waals surface area contributed by atoms with Crippen LogP contribution < -0.4 is 4.74 Å². The van der Waals surface area contributed by atoms with Gasteiger partial charge < -0.3 is 4.74 Å². The quantitative estimate of drug-likeness (QED) is 0.0769. The van der Waals surface area contributed by atoms with E-state index in [-0.39, 0.29) is 5.75 Å². The van der Waals surface area contributed by atoms with Gasteiger partial charge in [0.05, 0.1) is 6.61 Å². The zero-order valence-electron chi connectivity index (χ0n) is 25.5. The smallest absolute Gasteiger partial charge is 0.478 e. The van der Waals surface area contributed by atoms with Crippen molar-refractivity contribution in [3.8, 4) is 17.1 Å². The standard InChI is InChI=1S/C29H31F15N2O3/c1-2-3-4-5-6-7-10-19-17-45-22(46-18-19)20-11-13-21(14-12-20)47-16-9-8-15-23(30,31)48-29(44,27(39,40)41)49-28(42,43)25(34,35)24(32,33)26(36,37)38/h11-14,17-18H,2-10,15-16H2,1H3. The summed E-state index contributed by atoms with van der Waals surface area (Å²) in [4.78, 5) is 8.62. The fourth-order valence-corrected chi connectivity index (χ4v) is 4.03. The third kappa shape index (κ3) is 11.2. The first-order chi connectivity index (χ1) is 22.4. The predicted octanol–water partition coefficient (Wildman–Crippen LogP) is 10.8. The Labute approximate surface area is 270 Å². The van der Waals surface area contributed by atoms with Crippen LogP contribution in [0.1, 0.15) is 70.3 Å². The molecule has 0 radical (unpaired) electrons. The van der Waals surface area contributed by atoms with Gasteiger partial charge in [-0.25, -0.2) is 14.7 Å². The van der Waals surface area contributed by atoms with Crippen molar-refractivity contribution in [2.24, 2.45) is 0 Å². The molecule has 0 amide bonds. The molecule has 0 saturated heterocycles. The number of hydrogen-bond acceptors (Lipinski definition) is 5. The first-order valence-electron chi connectivity index (χ1n) is 14.7. The summed E-state index contributed by atoms with van der Waals surface area (Å²) in [6.45, 7) is 1.74. The van der Waals surface area contributed by atoms with Gasteiger partial charge in [-0.2, -0.15) is 65.9 Å². The Morgan fingerprint density at radius 1 is 0.592 bits per heavy atom. The van der Waals surface area contributed by atoms with E-state index in [0.29, 0.717) is 11.4 Å². The summed E-state index contributed by atoms with van der Waals surface area (Å²) in [7, 11) is 0.